The van der Waals surface area contributed by atoms with Crippen LogP contribution in [0, 0.1) is 0 Å². The van der Waals surface area contributed by atoms with E-state index in [-0.39, 0.29) is 31.6 Å². The first-order chi connectivity index (χ1) is 6.99. The molecular weight excluding hydrogens is 204 g/mol. The second-order valence-corrected chi connectivity index (χ2v) is 2.86. The van der Waals surface area contributed by atoms with Crippen molar-refractivity contribution in [3.8, 4) is 0 Å². The van der Waals surface area contributed by atoms with E-state index < -0.39 is 18.0 Å². The lowest BCUT2D eigenvalue weighted by Gasteiger charge is -2.07. The summed E-state index contributed by atoms with van der Waals surface area (Å²) in [5, 5.41) is 25.6. The van der Waals surface area contributed by atoms with Crippen molar-refractivity contribution in [2.24, 2.45) is 0 Å². The van der Waals surface area contributed by atoms with Crippen molar-refractivity contribution in [3.63, 3.8) is 0 Å². The van der Waals surface area contributed by atoms with Gasteiger partial charge in [0.1, 0.15) is 6.61 Å². The number of hydrogen-bond donors (Lipinski definition) is 3. The van der Waals surface area contributed by atoms with E-state index in [2.05, 4.69) is 11.3 Å². The second-order valence-electron chi connectivity index (χ2n) is 2.86. The number of aliphatic carboxylic acids is 1. The van der Waals surface area contributed by atoms with Crippen LogP contribution in [0.4, 0.5) is 0 Å². The molecule has 0 saturated heterocycles. The lowest BCUT2D eigenvalue weighted by Crippen LogP contribution is -2.20. The molecule has 0 aromatic carbocycles. The molecule has 0 aromatic rings. The van der Waals surface area contributed by atoms with Crippen LogP contribution < -0.4 is 0 Å². The van der Waals surface area contributed by atoms with Crippen LogP contribution >= 0.6 is 0 Å². The van der Waals surface area contributed by atoms with Crippen molar-refractivity contribution in [1.82, 2.24) is 0 Å². The molecule has 0 radical (unpaired) electrons. The summed E-state index contributed by atoms with van der Waals surface area (Å²) in [6.07, 6.45) is -1.56. The number of carboxylic acids is 1. The highest BCUT2D eigenvalue weighted by Crippen LogP contribution is 2.07. The van der Waals surface area contributed by atoms with E-state index in [0.29, 0.717) is 0 Å². The Bertz CT molecular complexity index is 247. The summed E-state index contributed by atoms with van der Waals surface area (Å²) < 4.78 is 4.53. The van der Waals surface area contributed by atoms with E-state index in [0.717, 1.165) is 0 Å². The lowest BCUT2D eigenvalue weighted by atomic mass is 10.1. The molecule has 0 rings (SSSR count). The second kappa shape index (κ2) is 6.97. The van der Waals surface area contributed by atoms with Crippen LogP contribution in [0.15, 0.2) is 12.2 Å². The van der Waals surface area contributed by atoms with Crippen molar-refractivity contribution >= 4 is 11.9 Å². The Hall–Kier alpha value is -1.40. The fraction of sp³-hybridized carbons (Fsp3) is 0.556. The molecule has 1 atom stereocenters. The molecule has 6 nitrogen and oxygen atoms in total. The maximum absolute atomic E-state index is 11.0. The summed E-state index contributed by atoms with van der Waals surface area (Å²) >= 11 is 0. The first kappa shape index (κ1) is 13.6. The third-order valence-electron chi connectivity index (χ3n) is 1.62. The van der Waals surface area contributed by atoms with Gasteiger partial charge in [0.25, 0.3) is 0 Å². The maximum atomic E-state index is 11.0. The molecule has 86 valence electrons. The van der Waals surface area contributed by atoms with Gasteiger partial charge < -0.3 is 20.1 Å². The predicted octanol–water partition coefficient (Wildman–Crippen LogP) is -0.696. The minimum atomic E-state index is -1.51. The SMILES string of the molecule is C=C(CCC(O)C(=O)O)C(=O)OCCO. The number of aliphatic hydroxyl groups is 2. The molecule has 0 amide bonds. The zero-order chi connectivity index (χ0) is 11.8. The Labute approximate surface area is 86.8 Å². The quantitative estimate of drug-likeness (QED) is 0.385. The Morgan fingerprint density at radius 2 is 2.00 bits per heavy atom. The van der Waals surface area contributed by atoms with E-state index in [9.17, 15) is 9.59 Å². The van der Waals surface area contributed by atoms with Crippen LogP contribution in [0.1, 0.15) is 12.8 Å². The molecule has 1 unspecified atom stereocenters. The normalized spacial score (nSPS) is 11.9. The minimum absolute atomic E-state index is 0.0394. The molecule has 0 spiro atoms. The minimum Gasteiger partial charge on any atom is -0.479 e. The smallest absolute Gasteiger partial charge is 0.333 e. The third kappa shape index (κ3) is 5.82. The van der Waals surface area contributed by atoms with Crippen LogP contribution in [-0.2, 0) is 14.3 Å². The van der Waals surface area contributed by atoms with Crippen molar-refractivity contribution in [2.75, 3.05) is 13.2 Å². The zero-order valence-electron chi connectivity index (χ0n) is 8.18. The average Bonchev–Trinajstić information content (AvgIpc) is 2.21. The Morgan fingerprint density at radius 1 is 1.40 bits per heavy atom. The standard InChI is InChI=1S/C9H14O6/c1-6(9(14)15-5-4-10)2-3-7(11)8(12)13/h7,10-11H,1-5H2,(H,12,13). The van der Waals surface area contributed by atoms with Gasteiger partial charge in [-0.25, -0.2) is 9.59 Å². The summed E-state index contributed by atoms with van der Waals surface area (Å²) in [5.41, 5.74) is 0.0729. The summed E-state index contributed by atoms with van der Waals surface area (Å²) in [4.78, 5) is 21.2. The first-order valence-electron chi connectivity index (χ1n) is 4.35. The number of carbonyl (C=O) groups is 2. The fourth-order valence-electron chi connectivity index (χ4n) is 0.777. The molecule has 0 aliphatic heterocycles. The number of esters is 1. The van der Waals surface area contributed by atoms with Crippen LogP contribution in [0.3, 0.4) is 0 Å². The number of ether oxygens (including phenoxy) is 1. The molecule has 0 heterocycles. The predicted molar refractivity (Wildman–Crippen MR) is 50.1 cm³/mol. The van der Waals surface area contributed by atoms with Gasteiger partial charge in [0.05, 0.1) is 6.61 Å². The number of aliphatic hydroxyl groups excluding tert-OH is 2. The number of hydrogen-bond acceptors (Lipinski definition) is 5. The maximum Gasteiger partial charge on any atom is 0.333 e. The molecule has 0 fully saturated rings. The lowest BCUT2D eigenvalue weighted by molar-refractivity contribution is -0.147. The van der Waals surface area contributed by atoms with Gasteiger partial charge in [-0.05, 0) is 12.8 Å². The Balaban J connectivity index is 3.83. The van der Waals surface area contributed by atoms with E-state index in [1.165, 1.54) is 0 Å². The number of carbonyl (C=O) groups excluding carboxylic acids is 1. The summed E-state index contributed by atoms with van der Waals surface area (Å²) in [6.45, 7) is 2.97. The molecule has 0 saturated carbocycles. The molecule has 3 N–H and O–H groups in total. The van der Waals surface area contributed by atoms with E-state index in [4.69, 9.17) is 15.3 Å². The van der Waals surface area contributed by atoms with E-state index >= 15 is 0 Å². The van der Waals surface area contributed by atoms with Crippen LogP contribution in [0.25, 0.3) is 0 Å². The van der Waals surface area contributed by atoms with Crippen molar-refractivity contribution in [2.45, 2.75) is 18.9 Å². The van der Waals surface area contributed by atoms with Gasteiger partial charge in [0.15, 0.2) is 6.10 Å². The average molecular weight is 218 g/mol. The van der Waals surface area contributed by atoms with Crippen molar-refractivity contribution in [1.29, 1.82) is 0 Å². The van der Waals surface area contributed by atoms with Gasteiger partial charge in [0.2, 0.25) is 0 Å². The van der Waals surface area contributed by atoms with Gasteiger partial charge in [-0.2, -0.15) is 0 Å². The van der Waals surface area contributed by atoms with E-state index in [1.807, 2.05) is 0 Å². The Morgan fingerprint density at radius 3 is 2.47 bits per heavy atom. The van der Waals surface area contributed by atoms with Gasteiger partial charge in [-0.1, -0.05) is 6.58 Å². The molecule has 15 heavy (non-hydrogen) atoms. The van der Waals surface area contributed by atoms with Crippen LogP contribution in [0.5, 0.6) is 0 Å². The van der Waals surface area contributed by atoms with Crippen LogP contribution in [-0.4, -0.2) is 46.6 Å². The molecular formula is C9H14O6. The van der Waals surface area contributed by atoms with Gasteiger partial charge in [-0.3, -0.25) is 0 Å². The highest BCUT2D eigenvalue weighted by molar-refractivity contribution is 5.87. The number of carboxylic acid groups (broad SMARTS) is 1. The highest BCUT2D eigenvalue weighted by atomic mass is 16.5. The Kier molecular flexibility index (Phi) is 6.32. The van der Waals surface area contributed by atoms with E-state index in [1.54, 1.807) is 0 Å². The summed E-state index contributed by atoms with van der Waals surface area (Å²) in [7, 11) is 0. The van der Waals surface area contributed by atoms with Crippen molar-refractivity contribution < 1.29 is 29.6 Å². The molecule has 0 bridgehead atoms. The summed E-state index contributed by atoms with van der Waals surface area (Å²) in [5.74, 6) is -2.03. The summed E-state index contributed by atoms with van der Waals surface area (Å²) in [6, 6.07) is 0. The number of rotatable bonds is 7. The first-order valence-corrected chi connectivity index (χ1v) is 4.35. The van der Waals surface area contributed by atoms with Gasteiger partial charge in [-0.15, -0.1) is 0 Å². The molecule has 0 aliphatic carbocycles. The molecule has 0 aliphatic rings. The van der Waals surface area contributed by atoms with Gasteiger partial charge in [0, 0.05) is 5.57 Å². The zero-order valence-corrected chi connectivity index (χ0v) is 8.18. The fourth-order valence-corrected chi connectivity index (χ4v) is 0.777. The third-order valence-corrected chi connectivity index (χ3v) is 1.62. The van der Waals surface area contributed by atoms with Crippen molar-refractivity contribution in [3.05, 3.63) is 12.2 Å². The largest absolute Gasteiger partial charge is 0.479 e. The monoisotopic (exact) mass is 218 g/mol. The topological polar surface area (TPSA) is 104 Å². The van der Waals surface area contributed by atoms with Gasteiger partial charge >= 0.3 is 11.9 Å². The van der Waals surface area contributed by atoms with Crippen LogP contribution in [0.2, 0.25) is 0 Å². The highest BCUT2D eigenvalue weighted by Gasteiger charge is 2.15. The molecule has 6 heteroatoms. The molecule has 0 aromatic heterocycles.